The Morgan fingerprint density at radius 2 is 1.51 bits per heavy atom. The fourth-order valence-electron chi connectivity index (χ4n) is 4.95. The van der Waals surface area contributed by atoms with Gasteiger partial charge in [0.1, 0.15) is 18.2 Å². The van der Waals surface area contributed by atoms with Crippen molar-refractivity contribution in [3.8, 4) is 39.6 Å². The number of furan rings is 1. The zero-order chi connectivity index (χ0) is 23.9. The van der Waals surface area contributed by atoms with Gasteiger partial charge in [0.25, 0.3) is 0 Å². The molecular weight excluding hydrogens is 428 g/mol. The van der Waals surface area contributed by atoms with E-state index in [1.807, 2.05) is 48.5 Å². The van der Waals surface area contributed by atoms with E-state index in [2.05, 4.69) is 79.3 Å². The lowest BCUT2D eigenvalue weighted by Crippen LogP contribution is -2.30. The fraction of sp³-hybridized carbons (Fsp3) is 0.0625. The van der Waals surface area contributed by atoms with Gasteiger partial charge in [-0.1, -0.05) is 66.7 Å². The minimum absolute atomic E-state index is 0.628. The van der Waals surface area contributed by atoms with Gasteiger partial charge in [-0.15, -0.1) is 0 Å². The molecule has 0 N–H and O–H groups in total. The molecule has 3 heteroatoms. The zero-order valence-corrected chi connectivity index (χ0v) is 19.6. The predicted molar refractivity (Wildman–Crippen MR) is 141 cm³/mol. The summed E-state index contributed by atoms with van der Waals surface area (Å²) in [5, 5.41) is 12.1. The molecule has 3 nitrogen and oxygen atoms in total. The number of fused-ring (bicyclic) bond motifs is 3. The number of pyridine rings is 1. The monoisotopic (exact) mass is 451 g/mol. The summed E-state index contributed by atoms with van der Waals surface area (Å²) < 4.78 is 8.80. The lowest BCUT2D eigenvalue weighted by molar-refractivity contribution is -0.660. The number of nitrogens with zero attached hydrogens (tertiary/aromatic N) is 2. The highest BCUT2D eigenvalue weighted by molar-refractivity contribution is 6.13. The number of aromatic nitrogens is 1. The van der Waals surface area contributed by atoms with Gasteiger partial charge in [-0.05, 0) is 41.8 Å². The van der Waals surface area contributed by atoms with Crippen LogP contribution >= 0.6 is 0 Å². The van der Waals surface area contributed by atoms with Gasteiger partial charge >= 0.3 is 0 Å². The summed E-state index contributed by atoms with van der Waals surface area (Å²) in [6.07, 6.45) is 2.05. The topological polar surface area (TPSA) is 40.8 Å². The molecule has 0 saturated carbocycles. The first-order valence-electron chi connectivity index (χ1n) is 11.7. The minimum atomic E-state index is 0.628. The zero-order valence-electron chi connectivity index (χ0n) is 19.6. The SMILES string of the molecule is Cc1ccc2c(oc3c(-c4cc(-c5ccccc5)ccc4C#N)cccc32)c1-c1cccc[n+]1C. The summed E-state index contributed by atoms with van der Waals surface area (Å²) in [6, 6.07) is 35.3. The van der Waals surface area contributed by atoms with Crippen molar-refractivity contribution >= 4 is 21.9 Å². The Morgan fingerprint density at radius 1 is 0.714 bits per heavy atom. The average Bonchev–Trinajstić information content (AvgIpc) is 3.28. The molecule has 0 spiro atoms. The minimum Gasteiger partial charge on any atom is -0.454 e. The Balaban J connectivity index is 1.65. The van der Waals surface area contributed by atoms with Gasteiger partial charge in [-0.2, -0.15) is 5.26 Å². The first-order chi connectivity index (χ1) is 17.2. The van der Waals surface area contributed by atoms with Crippen LogP contribution in [0.15, 0.2) is 108 Å². The van der Waals surface area contributed by atoms with E-state index in [0.717, 1.165) is 61.0 Å². The van der Waals surface area contributed by atoms with E-state index < -0.39 is 0 Å². The van der Waals surface area contributed by atoms with Gasteiger partial charge in [-0.25, -0.2) is 4.57 Å². The highest BCUT2D eigenvalue weighted by atomic mass is 16.3. The second-order valence-corrected chi connectivity index (χ2v) is 8.85. The molecule has 0 amide bonds. The number of para-hydroxylation sites is 1. The summed E-state index contributed by atoms with van der Waals surface area (Å²) in [5.74, 6) is 0. The molecule has 0 fully saturated rings. The molecule has 6 aromatic rings. The number of rotatable bonds is 3. The molecule has 2 aromatic heterocycles. The van der Waals surface area contributed by atoms with Crippen LogP contribution < -0.4 is 4.57 Å². The van der Waals surface area contributed by atoms with Gasteiger partial charge < -0.3 is 4.42 Å². The van der Waals surface area contributed by atoms with Crippen molar-refractivity contribution in [2.75, 3.05) is 0 Å². The van der Waals surface area contributed by atoms with Gasteiger partial charge in [0.15, 0.2) is 6.20 Å². The molecular formula is C32H23N2O+. The average molecular weight is 452 g/mol. The molecule has 166 valence electrons. The molecule has 0 bridgehead atoms. The van der Waals surface area contributed by atoms with Crippen molar-refractivity contribution in [2.24, 2.45) is 7.05 Å². The lowest BCUT2D eigenvalue weighted by Gasteiger charge is -2.09. The third kappa shape index (κ3) is 3.39. The number of nitriles is 1. The summed E-state index contributed by atoms with van der Waals surface area (Å²) in [7, 11) is 2.05. The van der Waals surface area contributed by atoms with E-state index in [1.54, 1.807) is 0 Å². The van der Waals surface area contributed by atoms with Crippen LogP contribution in [0.4, 0.5) is 0 Å². The summed E-state index contributed by atoms with van der Waals surface area (Å²) >= 11 is 0. The molecule has 4 aromatic carbocycles. The van der Waals surface area contributed by atoms with Crippen molar-refractivity contribution in [2.45, 2.75) is 6.92 Å². The summed E-state index contributed by atoms with van der Waals surface area (Å²) in [4.78, 5) is 0. The van der Waals surface area contributed by atoms with Crippen molar-refractivity contribution in [1.29, 1.82) is 5.26 Å². The Morgan fingerprint density at radius 3 is 2.31 bits per heavy atom. The molecule has 2 heterocycles. The molecule has 6 rings (SSSR count). The molecule has 0 unspecified atom stereocenters. The van der Waals surface area contributed by atoms with Gasteiger partial charge in [0.2, 0.25) is 5.69 Å². The molecule has 0 atom stereocenters. The maximum absolute atomic E-state index is 9.93. The summed E-state index contributed by atoms with van der Waals surface area (Å²) in [5.41, 5.74) is 9.63. The van der Waals surface area contributed by atoms with E-state index in [9.17, 15) is 5.26 Å². The molecule has 0 aliphatic carbocycles. The Hall–Kier alpha value is -4.68. The number of aryl methyl sites for hydroxylation is 2. The normalized spacial score (nSPS) is 11.1. The van der Waals surface area contributed by atoms with Crippen LogP contribution in [0, 0.1) is 18.3 Å². The van der Waals surface area contributed by atoms with Crippen LogP contribution in [0.25, 0.3) is 55.4 Å². The van der Waals surface area contributed by atoms with Crippen LogP contribution in [0.1, 0.15) is 11.1 Å². The smallest absolute Gasteiger partial charge is 0.216 e. The van der Waals surface area contributed by atoms with Crippen LogP contribution in [0.5, 0.6) is 0 Å². The molecule has 0 aliphatic heterocycles. The van der Waals surface area contributed by atoms with Gasteiger partial charge in [0.05, 0.1) is 17.2 Å². The molecule has 0 aliphatic rings. The van der Waals surface area contributed by atoms with Gasteiger partial charge in [-0.3, -0.25) is 0 Å². The number of benzene rings is 4. The van der Waals surface area contributed by atoms with E-state index in [4.69, 9.17) is 4.42 Å². The maximum atomic E-state index is 9.93. The lowest BCUT2D eigenvalue weighted by atomic mass is 9.93. The van der Waals surface area contributed by atoms with Crippen LogP contribution in [0.3, 0.4) is 0 Å². The van der Waals surface area contributed by atoms with Gasteiger partial charge in [0, 0.05) is 34.0 Å². The third-order valence-corrected chi connectivity index (χ3v) is 6.72. The molecule has 0 saturated heterocycles. The fourth-order valence-corrected chi connectivity index (χ4v) is 4.95. The molecule has 35 heavy (non-hydrogen) atoms. The maximum Gasteiger partial charge on any atom is 0.216 e. The van der Waals surface area contributed by atoms with E-state index >= 15 is 0 Å². The highest BCUT2D eigenvalue weighted by Crippen LogP contribution is 2.41. The van der Waals surface area contributed by atoms with E-state index in [1.165, 1.54) is 0 Å². The quantitative estimate of drug-likeness (QED) is 0.260. The van der Waals surface area contributed by atoms with Crippen molar-refractivity contribution in [1.82, 2.24) is 0 Å². The molecule has 0 radical (unpaired) electrons. The largest absolute Gasteiger partial charge is 0.454 e. The first kappa shape index (κ1) is 20.9. The Bertz CT molecular complexity index is 1770. The van der Waals surface area contributed by atoms with E-state index in [-0.39, 0.29) is 0 Å². The van der Waals surface area contributed by atoms with Crippen molar-refractivity contribution in [3.05, 3.63) is 114 Å². The first-order valence-corrected chi connectivity index (χ1v) is 11.7. The number of hydrogen-bond donors (Lipinski definition) is 0. The standard InChI is InChI=1S/C32H23N2O/c1-21-14-17-27-25-11-8-12-26(31(25)35-32(27)30(21)29-13-6-7-18-34(29)2)28-19-23(15-16-24(28)20-33)22-9-4-3-5-10-22/h3-19H,1-2H3/q+1. The Kier molecular flexibility index (Phi) is 4.94. The van der Waals surface area contributed by atoms with Crippen LogP contribution in [-0.2, 0) is 7.05 Å². The van der Waals surface area contributed by atoms with Crippen molar-refractivity contribution < 1.29 is 8.98 Å². The second kappa shape index (κ2) is 8.27. The van der Waals surface area contributed by atoms with Crippen LogP contribution in [-0.4, -0.2) is 0 Å². The predicted octanol–water partition coefficient (Wildman–Crippen LogP) is 7.59. The highest BCUT2D eigenvalue weighted by Gasteiger charge is 2.22. The van der Waals surface area contributed by atoms with E-state index in [0.29, 0.717) is 5.56 Å². The van der Waals surface area contributed by atoms with Crippen molar-refractivity contribution in [3.63, 3.8) is 0 Å². The van der Waals surface area contributed by atoms with Crippen LogP contribution in [0.2, 0.25) is 0 Å². The Labute approximate surface area is 204 Å². The summed E-state index contributed by atoms with van der Waals surface area (Å²) in [6.45, 7) is 2.12. The third-order valence-electron chi connectivity index (χ3n) is 6.72. The number of hydrogen-bond acceptors (Lipinski definition) is 2. The second-order valence-electron chi connectivity index (χ2n) is 8.85.